The highest BCUT2D eigenvalue weighted by Gasteiger charge is 2.04. The summed E-state index contributed by atoms with van der Waals surface area (Å²) in [6.07, 6.45) is 4.74. The zero-order valence-corrected chi connectivity index (χ0v) is 11.8. The van der Waals surface area contributed by atoms with Crippen LogP contribution >= 0.6 is 0 Å². The molecule has 0 amide bonds. The van der Waals surface area contributed by atoms with E-state index in [1.807, 2.05) is 45.4 Å². The van der Waals surface area contributed by atoms with Crippen LogP contribution in [0.25, 0.3) is 0 Å². The summed E-state index contributed by atoms with van der Waals surface area (Å²) in [7, 11) is 1.92. The van der Waals surface area contributed by atoms with Crippen LogP contribution in [0.15, 0.2) is 30.6 Å². The van der Waals surface area contributed by atoms with Crippen LogP contribution in [0.2, 0.25) is 0 Å². The number of ether oxygens (including phenoxy) is 1. The van der Waals surface area contributed by atoms with Crippen molar-refractivity contribution in [1.82, 2.24) is 9.78 Å². The van der Waals surface area contributed by atoms with E-state index in [-0.39, 0.29) is 6.04 Å². The molecule has 0 aliphatic heterocycles. The fourth-order valence-corrected chi connectivity index (χ4v) is 2.00. The number of benzene rings is 1. The third-order valence-electron chi connectivity index (χ3n) is 3.13. The summed E-state index contributed by atoms with van der Waals surface area (Å²) in [5, 5.41) is 4.14. The second kappa shape index (κ2) is 5.89. The second-order valence-corrected chi connectivity index (χ2v) is 4.93. The zero-order valence-electron chi connectivity index (χ0n) is 11.8. The van der Waals surface area contributed by atoms with E-state index in [0.717, 1.165) is 23.3 Å². The molecule has 1 atom stereocenters. The van der Waals surface area contributed by atoms with Crippen molar-refractivity contribution in [3.05, 3.63) is 47.3 Å². The summed E-state index contributed by atoms with van der Waals surface area (Å²) >= 11 is 0. The van der Waals surface area contributed by atoms with E-state index in [1.165, 1.54) is 5.56 Å². The smallest absolute Gasteiger partial charge is 0.122 e. The zero-order chi connectivity index (χ0) is 13.8. The normalized spacial score (nSPS) is 12.4. The van der Waals surface area contributed by atoms with Crippen molar-refractivity contribution < 1.29 is 4.74 Å². The minimum atomic E-state index is 0.0585. The van der Waals surface area contributed by atoms with Gasteiger partial charge in [-0.15, -0.1) is 0 Å². The Balaban J connectivity index is 1.92. The highest BCUT2D eigenvalue weighted by Crippen LogP contribution is 2.22. The van der Waals surface area contributed by atoms with Gasteiger partial charge in [0.15, 0.2) is 0 Å². The van der Waals surface area contributed by atoms with Crippen LogP contribution in [0.4, 0.5) is 0 Å². The first-order valence-corrected chi connectivity index (χ1v) is 6.52. The van der Waals surface area contributed by atoms with Crippen molar-refractivity contribution in [2.75, 3.05) is 6.61 Å². The van der Waals surface area contributed by atoms with Crippen molar-refractivity contribution >= 4 is 0 Å². The Morgan fingerprint density at radius 3 is 2.79 bits per heavy atom. The van der Waals surface area contributed by atoms with E-state index in [9.17, 15) is 0 Å². The van der Waals surface area contributed by atoms with Crippen LogP contribution in [0.3, 0.4) is 0 Å². The average molecular weight is 259 g/mol. The standard InChI is InChI=1S/C15H21N3O/c1-11-8-14(12(2)16)4-5-15(11)19-7-6-13-9-17-18(3)10-13/h4-5,8-10,12H,6-7,16H2,1-3H3/t12-/m1/s1. The van der Waals surface area contributed by atoms with Crippen molar-refractivity contribution in [1.29, 1.82) is 0 Å². The first-order chi connectivity index (χ1) is 9.06. The molecule has 0 fully saturated rings. The Morgan fingerprint density at radius 2 is 2.21 bits per heavy atom. The van der Waals surface area contributed by atoms with Gasteiger partial charge in [-0.25, -0.2) is 0 Å². The van der Waals surface area contributed by atoms with Gasteiger partial charge in [0.05, 0.1) is 12.8 Å². The number of nitrogens with zero attached hydrogens (tertiary/aromatic N) is 2. The van der Waals surface area contributed by atoms with E-state index >= 15 is 0 Å². The van der Waals surface area contributed by atoms with Crippen LogP contribution < -0.4 is 10.5 Å². The largest absolute Gasteiger partial charge is 0.493 e. The predicted molar refractivity (Wildman–Crippen MR) is 76.2 cm³/mol. The molecule has 0 bridgehead atoms. The minimum Gasteiger partial charge on any atom is -0.493 e. The lowest BCUT2D eigenvalue weighted by atomic mass is 10.1. The van der Waals surface area contributed by atoms with Crippen molar-refractivity contribution in [3.8, 4) is 5.75 Å². The van der Waals surface area contributed by atoms with Crippen LogP contribution in [0.5, 0.6) is 5.75 Å². The van der Waals surface area contributed by atoms with E-state index in [0.29, 0.717) is 6.61 Å². The first kappa shape index (κ1) is 13.6. The van der Waals surface area contributed by atoms with Crippen molar-refractivity contribution in [2.24, 2.45) is 12.8 Å². The molecule has 0 aliphatic rings. The highest BCUT2D eigenvalue weighted by molar-refractivity contribution is 5.37. The lowest BCUT2D eigenvalue weighted by Gasteiger charge is -2.12. The van der Waals surface area contributed by atoms with Gasteiger partial charge in [0.2, 0.25) is 0 Å². The molecule has 4 nitrogen and oxygen atoms in total. The quantitative estimate of drug-likeness (QED) is 0.897. The van der Waals surface area contributed by atoms with Gasteiger partial charge >= 0.3 is 0 Å². The molecule has 19 heavy (non-hydrogen) atoms. The topological polar surface area (TPSA) is 53.1 Å². The molecule has 4 heteroatoms. The van der Waals surface area contributed by atoms with Gasteiger partial charge in [0.25, 0.3) is 0 Å². The molecule has 2 rings (SSSR count). The number of nitrogens with two attached hydrogens (primary N) is 1. The molecule has 0 saturated heterocycles. The molecule has 2 aromatic rings. The number of hydrogen-bond donors (Lipinski definition) is 1. The summed E-state index contributed by atoms with van der Waals surface area (Å²) in [4.78, 5) is 0. The Morgan fingerprint density at radius 1 is 1.42 bits per heavy atom. The number of aryl methyl sites for hydroxylation is 2. The van der Waals surface area contributed by atoms with Crippen LogP contribution in [0, 0.1) is 6.92 Å². The summed E-state index contributed by atoms with van der Waals surface area (Å²) in [6, 6.07) is 6.17. The molecular weight excluding hydrogens is 238 g/mol. The molecule has 0 unspecified atom stereocenters. The van der Waals surface area contributed by atoms with Gasteiger partial charge in [-0.3, -0.25) is 4.68 Å². The van der Waals surface area contributed by atoms with Gasteiger partial charge < -0.3 is 10.5 Å². The Hall–Kier alpha value is -1.81. The van der Waals surface area contributed by atoms with Crippen LogP contribution in [0.1, 0.15) is 29.7 Å². The maximum Gasteiger partial charge on any atom is 0.122 e. The van der Waals surface area contributed by atoms with E-state index in [4.69, 9.17) is 10.5 Å². The first-order valence-electron chi connectivity index (χ1n) is 6.52. The fraction of sp³-hybridized carbons (Fsp3) is 0.400. The lowest BCUT2D eigenvalue weighted by molar-refractivity contribution is 0.319. The summed E-state index contributed by atoms with van der Waals surface area (Å²) in [5.41, 5.74) is 9.31. The van der Waals surface area contributed by atoms with E-state index < -0.39 is 0 Å². The number of hydrogen-bond acceptors (Lipinski definition) is 3. The summed E-state index contributed by atoms with van der Waals surface area (Å²) in [6.45, 7) is 4.69. The molecular formula is C15H21N3O. The van der Waals surface area contributed by atoms with Crippen LogP contribution in [-0.4, -0.2) is 16.4 Å². The molecule has 102 valence electrons. The van der Waals surface area contributed by atoms with Gasteiger partial charge in [0.1, 0.15) is 5.75 Å². The minimum absolute atomic E-state index is 0.0585. The number of rotatable bonds is 5. The van der Waals surface area contributed by atoms with Crippen molar-refractivity contribution in [3.63, 3.8) is 0 Å². The second-order valence-electron chi connectivity index (χ2n) is 4.93. The van der Waals surface area contributed by atoms with Gasteiger partial charge in [-0.05, 0) is 36.6 Å². The molecule has 0 aliphatic carbocycles. The Bertz CT molecular complexity index is 546. The highest BCUT2D eigenvalue weighted by atomic mass is 16.5. The van der Waals surface area contributed by atoms with Crippen LogP contribution in [-0.2, 0) is 13.5 Å². The monoisotopic (exact) mass is 259 g/mol. The number of aromatic nitrogens is 2. The Kier molecular flexibility index (Phi) is 4.22. The third kappa shape index (κ3) is 3.58. The molecule has 0 radical (unpaired) electrons. The van der Waals surface area contributed by atoms with Crippen molar-refractivity contribution in [2.45, 2.75) is 26.3 Å². The molecule has 2 N–H and O–H groups in total. The maximum atomic E-state index is 5.86. The van der Waals surface area contributed by atoms with Gasteiger partial charge in [0, 0.05) is 25.7 Å². The van der Waals surface area contributed by atoms with Gasteiger partial charge in [-0.2, -0.15) is 5.10 Å². The van der Waals surface area contributed by atoms with E-state index in [1.54, 1.807) is 4.68 Å². The molecule has 1 heterocycles. The van der Waals surface area contributed by atoms with E-state index in [2.05, 4.69) is 11.2 Å². The molecule has 1 aromatic heterocycles. The fourth-order valence-electron chi connectivity index (χ4n) is 2.00. The Labute approximate surface area is 114 Å². The maximum absolute atomic E-state index is 5.86. The van der Waals surface area contributed by atoms with Gasteiger partial charge in [-0.1, -0.05) is 12.1 Å². The SMILES string of the molecule is Cc1cc([C@@H](C)N)ccc1OCCc1cnn(C)c1. The lowest BCUT2D eigenvalue weighted by Crippen LogP contribution is -2.06. The molecule has 0 saturated carbocycles. The predicted octanol–water partition coefficient (Wildman–Crippen LogP) is 2.37. The summed E-state index contributed by atoms with van der Waals surface area (Å²) in [5.74, 6) is 0.924. The summed E-state index contributed by atoms with van der Waals surface area (Å²) < 4.78 is 7.61. The molecule has 0 spiro atoms. The average Bonchev–Trinajstić information content (AvgIpc) is 2.77. The third-order valence-corrected chi connectivity index (χ3v) is 3.13. The molecule has 1 aromatic carbocycles.